The molecule has 0 aromatic carbocycles. The van der Waals surface area contributed by atoms with Gasteiger partial charge in [-0.3, -0.25) is 0 Å². The number of thiazole rings is 1. The van der Waals surface area contributed by atoms with Gasteiger partial charge in [-0.1, -0.05) is 13.3 Å². The fourth-order valence-corrected chi connectivity index (χ4v) is 5.38. The van der Waals surface area contributed by atoms with Gasteiger partial charge in [0.2, 0.25) is 0 Å². The molecule has 0 spiro atoms. The SMILES string of the molecule is CCNC(CC1CC2CCC1C2)c1sc(C)nc1C. The van der Waals surface area contributed by atoms with Crippen molar-refractivity contribution in [3.05, 3.63) is 15.6 Å². The third kappa shape index (κ3) is 2.73. The van der Waals surface area contributed by atoms with Crippen LogP contribution >= 0.6 is 11.3 Å². The standard InChI is InChI=1S/C16H26N2S/c1-4-17-15(16-10(2)18-11(3)19-16)9-14-8-12-5-6-13(14)7-12/h12-15,17H,4-9H2,1-3H3. The summed E-state index contributed by atoms with van der Waals surface area (Å²) >= 11 is 1.89. The van der Waals surface area contributed by atoms with Crippen LogP contribution in [-0.4, -0.2) is 11.5 Å². The summed E-state index contributed by atoms with van der Waals surface area (Å²) in [6.45, 7) is 7.57. The fraction of sp³-hybridized carbons (Fsp3) is 0.812. The van der Waals surface area contributed by atoms with Gasteiger partial charge in [0, 0.05) is 10.9 Å². The van der Waals surface area contributed by atoms with Crippen molar-refractivity contribution in [2.45, 2.75) is 58.9 Å². The van der Waals surface area contributed by atoms with E-state index >= 15 is 0 Å². The highest BCUT2D eigenvalue weighted by molar-refractivity contribution is 7.11. The van der Waals surface area contributed by atoms with E-state index in [-0.39, 0.29) is 0 Å². The maximum absolute atomic E-state index is 4.62. The summed E-state index contributed by atoms with van der Waals surface area (Å²) in [5, 5.41) is 4.92. The molecule has 1 aromatic rings. The zero-order valence-electron chi connectivity index (χ0n) is 12.4. The molecule has 3 rings (SSSR count). The predicted molar refractivity (Wildman–Crippen MR) is 81.6 cm³/mol. The van der Waals surface area contributed by atoms with E-state index in [9.17, 15) is 0 Å². The normalized spacial score (nSPS) is 31.0. The van der Waals surface area contributed by atoms with Crippen LogP contribution in [0.5, 0.6) is 0 Å². The molecule has 2 aliphatic rings. The molecule has 19 heavy (non-hydrogen) atoms. The molecule has 0 amide bonds. The molecule has 106 valence electrons. The van der Waals surface area contributed by atoms with Gasteiger partial charge in [0.15, 0.2) is 0 Å². The van der Waals surface area contributed by atoms with Crippen LogP contribution in [0.3, 0.4) is 0 Å². The van der Waals surface area contributed by atoms with E-state index < -0.39 is 0 Å². The van der Waals surface area contributed by atoms with Crippen LogP contribution in [0.4, 0.5) is 0 Å². The van der Waals surface area contributed by atoms with Crippen molar-refractivity contribution < 1.29 is 0 Å². The number of hydrogen-bond donors (Lipinski definition) is 1. The summed E-state index contributed by atoms with van der Waals surface area (Å²) in [6, 6.07) is 0.542. The Morgan fingerprint density at radius 3 is 2.68 bits per heavy atom. The van der Waals surface area contributed by atoms with Gasteiger partial charge in [0.25, 0.3) is 0 Å². The smallest absolute Gasteiger partial charge is 0.0900 e. The summed E-state index contributed by atoms with van der Waals surface area (Å²) in [5.41, 5.74) is 1.25. The zero-order chi connectivity index (χ0) is 13.4. The van der Waals surface area contributed by atoms with Gasteiger partial charge in [-0.05, 0) is 63.8 Å². The van der Waals surface area contributed by atoms with Crippen LogP contribution in [0.15, 0.2) is 0 Å². The van der Waals surface area contributed by atoms with Gasteiger partial charge in [0.05, 0.1) is 10.7 Å². The highest BCUT2D eigenvalue weighted by Gasteiger charge is 2.40. The number of hydrogen-bond acceptors (Lipinski definition) is 3. The van der Waals surface area contributed by atoms with Crippen molar-refractivity contribution in [2.24, 2.45) is 17.8 Å². The molecule has 2 bridgehead atoms. The van der Waals surface area contributed by atoms with E-state index in [2.05, 4.69) is 31.1 Å². The Morgan fingerprint density at radius 1 is 1.32 bits per heavy atom. The van der Waals surface area contributed by atoms with Crippen molar-refractivity contribution in [2.75, 3.05) is 6.54 Å². The summed E-state index contributed by atoms with van der Waals surface area (Å²) in [7, 11) is 0. The Balaban J connectivity index is 1.72. The van der Waals surface area contributed by atoms with Crippen LogP contribution in [0.2, 0.25) is 0 Å². The van der Waals surface area contributed by atoms with Gasteiger partial charge in [-0.25, -0.2) is 4.98 Å². The minimum absolute atomic E-state index is 0.542. The van der Waals surface area contributed by atoms with Crippen molar-refractivity contribution >= 4 is 11.3 Å². The second-order valence-corrected chi connectivity index (χ2v) is 7.70. The average molecular weight is 278 g/mol. The molecule has 1 N–H and O–H groups in total. The number of nitrogens with zero attached hydrogens (tertiary/aromatic N) is 1. The number of nitrogens with one attached hydrogen (secondary N) is 1. The van der Waals surface area contributed by atoms with E-state index in [0.717, 1.165) is 24.3 Å². The summed E-state index contributed by atoms with van der Waals surface area (Å²) in [5.74, 6) is 3.05. The lowest BCUT2D eigenvalue weighted by atomic mass is 9.84. The number of fused-ring (bicyclic) bond motifs is 2. The lowest BCUT2D eigenvalue weighted by Crippen LogP contribution is -2.25. The lowest BCUT2D eigenvalue weighted by Gasteiger charge is -2.27. The number of rotatable bonds is 5. The molecule has 1 aromatic heterocycles. The highest BCUT2D eigenvalue weighted by atomic mass is 32.1. The lowest BCUT2D eigenvalue weighted by molar-refractivity contribution is 0.281. The molecule has 2 fully saturated rings. The molecule has 2 saturated carbocycles. The maximum atomic E-state index is 4.62. The predicted octanol–water partition coefficient (Wildman–Crippen LogP) is 4.24. The number of aryl methyl sites for hydroxylation is 2. The van der Waals surface area contributed by atoms with E-state index in [0.29, 0.717) is 6.04 Å². The van der Waals surface area contributed by atoms with Crippen LogP contribution in [-0.2, 0) is 0 Å². The molecule has 3 heteroatoms. The molecular weight excluding hydrogens is 252 g/mol. The first kappa shape index (κ1) is 13.6. The van der Waals surface area contributed by atoms with Crippen LogP contribution in [0.25, 0.3) is 0 Å². The monoisotopic (exact) mass is 278 g/mol. The highest BCUT2D eigenvalue weighted by Crippen LogP contribution is 2.51. The van der Waals surface area contributed by atoms with E-state index in [4.69, 9.17) is 0 Å². The molecule has 0 aliphatic heterocycles. The van der Waals surface area contributed by atoms with Crippen molar-refractivity contribution in [1.82, 2.24) is 10.3 Å². The van der Waals surface area contributed by atoms with Crippen molar-refractivity contribution in [3.8, 4) is 0 Å². The average Bonchev–Trinajstić information content (AvgIpc) is 3.04. The van der Waals surface area contributed by atoms with Gasteiger partial charge >= 0.3 is 0 Å². The first-order valence-electron chi connectivity index (χ1n) is 7.84. The Kier molecular flexibility index (Phi) is 3.95. The zero-order valence-corrected chi connectivity index (χ0v) is 13.2. The van der Waals surface area contributed by atoms with Gasteiger partial charge in [0.1, 0.15) is 0 Å². The minimum Gasteiger partial charge on any atom is -0.309 e. The first-order valence-corrected chi connectivity index (χ1v) is 8.66. The molecule has 4 atom stereocenters. The van der Waals surface area contributed by atoms with Gasteiger partial charge < -0.3 is 5.32 Å². The van der Waals surface area contributed by atoms with Crippen LogP contribution in [0, 0.1) is 31.6 Å². The van der Waals surface area contributed by atoms with E-state index in [1.165, 1.54) is 47.7 Å². The summed E-state index contributed by atoms with van der Waals surface area (Å²) < 4.78 is 0. The van der Waals surface area contributed by atoms with Crippen molar-refractivity contribution in [3.63, 3.8) is 0 Å². The second-order valence-electron chi connectivity index (χ2n) is 6.46. The summed E-state index contributed by atoms with van der Waals surface area (Å²) in [6.07, 6.45) is 7.34. The molecule has 2 aliphatic carbocycles. The summed E-state index contributed by atoms with van der Waals surface area (Å²) in [4.78, 5) is 6.10. The Bertz CT molecular complexity index is 440. The van der Waals surface area contributed by atoms with Crippen molar-refractivity contribution in [1.29, 1.82) is 0 Å². The molecule has 0 radical (unpaired) electrons. The molecule has 4 unspecified atom stereocenters. The van der Waals surface area contributed by atoms with Crippen LogP contribution in [0.1, 0.15) is 60.6 Å². The second kappa shape index (κ2) is 5.53. The Hall–Kier alpha value is -0.410. The quantitative estimate of drug-likeness (QED) is 0.871. The van der Waals surface area contributed by atoms with Gasteiger partial charge in [-0.2, -0.15) is 0 Å². The number of aromatic nitrogens is 1. The maximum Gasteiger partial charge on any atom is 0.0900 e. The molecule has 1 heterocycles. The Morgan fingerprint density at radius 2 is 2.16 bits per heavy atom. The third-order valence-corrected chi connectivity index (χ3v) is 6.32. The van der Waals surface area contributed by atoms with Gasteiger partial charge in [-0.15, -0.1) is 11.3 Å². The third-order valence-electron chi connectivity index (χ3n) is 5.13. The molecular formula is C16H26N2S. The van der Waals surface area contributed by atoms with E-state index in [1.54, 1.807) is 0 Å². The molecule has 2 nitrogen and oxygen atoms in total. The largest absolute Gasteiger partial charge is 0.309 e. The minimum atomic E-state index is 0.542. The van der Waals surface area contributed by atoms with Crippen LogP contribution < -0.4 is 5.32 Å². The topological polar surface area (TPSA) is 24.9 Å². The first-order chi connectivity index (χ1) is 9.17. The van der Waals surface area contributed by atoms with E-state index in [1.807, 2.05) is 11.3 Å². The molecule has 0 saturated heterocycles. The fourth-order valence-electron chi connectivity index (χ4n) is 4.37. The Labute approximate surface area is 121 Å².